The van der Waals surface area contributed by atoms with Crippen LogP contribution in [0.25, 0.3) is 0 Å². The van der Waals surface area contributed by atoms with Crippen LogP contribution in [0.5, 0.6) is 5.75 Å². The van der Waals surface area contributed by atoms with E-state index in [0.717, 1.165) is 10.0 Å². The zero-order chi connectivity index (χ0) is 19.3. The molecule has 2 amide bonds. The third-order valence-electron chi connectivity index (χ3n) is 3.42. The zero-order valence-electron chi connectivity index (χ0n) is 14.1. The minimum absolute atomic E-state index is 0.232. The van der Waals surface area contributed by atoms with E-state index in [1.165, 1.54) is 18.2 Å². The second-order valence-electron chi connectivity index (χ2n) is 5.79. The van der Waals surface area contributed by atoms with Gasteiger partial charge in [0.15, 0.2) is 6.61 Å². The number of nitrogens with one attached hydrogen (secondary N) is 2. The molecule has 2 aromatic carbocycles. The molecule has 0 aromatic heterocycles. The van der Waals surface area contributed by atoms with E-state index in [-0.39, 0.29) is 12.2 Å². The summed E-state index contributed by atoms with van der Waals surface area (Å²) in [6.07, 6.45) is 0. The molecular weight excluding hydrogens is 443 g/mol. The lowest BCUT2D eigenvalue weighted by atomic mass is 10.0. The highest BCUT2D eigenvalue weighted by Crippen LogP contribution is 2.28. The highest BCUT2D eigenvalue weighted by molar-refractivity contribution is 9.10. The molecule has 0 aliphatic rings. The van der Waals surface area contributed by atoms with Gasteiger partial charge in [-0.25, -0.2) is 0 Å². The largest absolute Gasteiger partial charge is 0.483 e. The summed E-state index contributed by atoms with van der Waals surface area (Å²) in [5, 5.41) is 0.652. The molecule has 26 heavy (non-hydrogen) atoms. The fourth-order valence-electron chi connectivity index (χ4n) is 2.06. The Bertz CT molecular complexity index is 808. The van der Waals surface area contributed by atoms with Crippen LogP contribution in [0, 0.1) is 0 Å². The first-order valence-corrected chi connectivity index (χ1v) is 9.28. The minimum Gasteiger partial charge on any atom is -0.483 e. The molecule has 8 heteroatoms. The Labute approximate surface area is 170 Å². The first-order valence-electron chi connectivity index (χ1n) is 7.74. The maximum atomic E-state index is 12.0. The van der Waals surface area contributed by atoms with Crippen molar-refractivity contribution in [3.63, 3.8) is 0 Å². The SMILES string of the molecule is CC(C)c1ccc(OCC(=O)NNC(=O)c2cc(Cl)cc(Cl)c2)c(Br)c1. The second kappa shape index (κ2) is 9.26. The van der Waals surface area contributed by atoms with Gasteiger partial charge in [0.1, 0.15) is 5.75 Å². The molecule has 2 rings (SSSR count). The van der Waals surface area contributed by atoms with Crippen molar-refractivity contribution in [2.24, 2.45) is 0 Å². The maximum Gasteiger partial charge on any atom is 0.276 e. The van der Waals surface area contributed by atoms with Gasteiger partial charge in [-0.1, -0.05) is 43.1 Å². The average molecular weight is 460 g/mol. The van der Waals surface area contributed by atoms with Crippen molar-refractivity contribution < 1.29 is 14.3 Å². The third-order valence-corrected chi connectivity index (χ3v) is 4.48. The Morgan fingerprint density at radius 3 is 2.31 bits per heavy atom. The van der Waals surface area contributed by atoms with E-state index in [2.05, 4.69) is 40.6 Å². The van der Waals surface area contributed by atoms with Crippen LogP contribution in [-0.4, -0.2) is 18.4 Å². The standard InChI is InChI=1S/C18H17BrCl2N2O3/c1-10(2)11-3-4-16(15(19)7-11)26-9-17(24)22-23-18(25)12-5-13(20)8-14(21)6-12/h3-8,10H,9H2,1-2H3,(H,22,24)(H,23,25). The van der Waals surface area contributed by atoms with Crippen LogP contribution >= 0.6 is 39.1 Å². The van der Waals surface area contributed by atoms with Crippen LogP contribution in [0.15, 0.2) is 40.9 Å². The van der Waals surface area contributed by atoms with Gasteiger partial charge in [0.25, 0.3) is 11.8 Å². The topological polar surface area (TPSA) is 67.4 Å². The molecule has 0 heterocycles. The van der Waals surface area contributed by atoms with Gasteiger partial charge in [-0.05, 0) is 57.7 Å². The fraction of sp³-hybridized carbons (Fsp3) is 0.222. The number of ether oxygens (including phenoxy) is 1. The minimum atomic E-state index is -0.537. The molecule has 5 nitrogen and oxygen atoms in total. The lowest BCUT2D eigenvalue weighted by molar-refractivity contribution is -0.123. The van der Waals surface area contributed by atoms with Gasteiger partial charge in [-0.15, -0.1) is 0 Å². The summed E-state index contributed by atoms with van der Waals surface area (Å²) in [6.45, 7) is 3.92. The summed E-state index contributed by atoms with van der Waals surface area (Å²) in [5.74, 6) is -0.118. The number of hydrazine groups is 1. The molecule has 0 bridgehead atoms. The molecule has 0 atom stereocenters. The zero-order valence-corrected chi connectivity index (χ0v) is 17.2. The molecule has 0 saturated carbocycles. The summed E-state index contributed by atoms with van der Waals surface area (Å²) >= 11 is 15.1. The van der Waals surface area contributed by atoms with E-state index in [1.807, 2.05) is 12.1 Å². The van der Waals surface area contributed by atoms with Crippen molar-refractivity contribution in [3.8, 4) is 5.75 Å². The van der Waals surface area contributed by atoms with Crippen molar-refractivity contribution in [2.45, 2.75) is 19.8 Å². The van der Waals surface area contributed by atoms with Gasteiger partial charge >= 0.3 is 0 Å². The first kappa shape index (κ1) is 20.6. The van der Waals surface area contributed by atoms with Crippen molar-refractivity contribution >= 4 is 50.9 Å². The molecule has 138 valence electrons. The Hall–Kier alpha value is -1.76. The quantitative estimate of drug-likeness (QED) is 0.635. The highest BCUT2D eigenvalue weighted by Gasteiger charge is 2.11. The van der Waals surface area contributed by atoms with Crippen molar-refractivity contribution in [2.75, 3.05) is 6.61 Å². The Balaban J connectivity index is 1.86. The van der Waals surface area contributed by atoms with Crippen molar-refractivity contribution in [1.29, 1.82) is 0 Å². The summed E-state index contributed by atoms with van der Waals surface area (Å²) < 4.78 is 6.22. The molecule has 2 aromatic rings. The lowest BCUT2D eigenvalue weighted by Gasteiger charge is -2.12. The molecule has 0 aliphatic carbocycles. The number of hydrogen-bond donors (Lipinski definition) is 2. The lowest BCUT2D eigenvalue weighted by Crippen LogP contribution is -2.43. The molecule has 0 radical (unpaired) electrons. The van der Waals surface area contributed by atoms with E-state index in [0.29, 0.717) is 21.7 Å². The normalized spacial score (nSPS) is 10.5. The van der Waals surface area contributed by atoms with Crippen molar-refractivity contribution in [1.82, 2.24) is 10.9 Å². The monoisotopic (exact) mass is 458 g/mol. The molecule has 0 aliphatic heterocycles. The van der Waals surface area contributed by atoms with Crippen LogP contribution in [0.3, 0.4) is 0 Å². The van der Waals surface area contributed by atoms with E-state index < -0.39 is 11.8 Å². The van der Waals surface area contributed by atoms with Crippen molar-refractivity contribution in [3.05, 3.63) is 62.0 Å². The van der Waals surface area contributed by atoms with Gasteiger partial charge in [0.05, 0.1) is 4.47 Å². The van der Waals surface area contributed by atoms with Gasteiger partial charge < -0.3 is 4.74 Å². The van der Waals surface area contributed by atoms with Crippen LogP contribution in [0.1, 0.15) is 35.7 Å². The predicted octanol–water partition coefficient (Wildman–Crippen LogP) is 4.72. The van der Waals surface area contributed by atoms with Crippen LogP contribution in [0.4, 0.5) is 0 Å². The Morgan fingerprint density at radius 1 is 1.08 bits per heavy atom. The number of rotatable bonds is 5. The number of amides is 2. The second-order valence-corrected chi connectivity index (χ2v) is 7.52. The number of carbonyl (C=O) groups excluding carboxylic acids is 2. The molecule has 0 fully saturated rings. The third kappa shape index (κ3) is 5.90. The molecule has 0 unspecified atom stereocenters. The number of halogens is 3. The van der Waals surface area contributed by atoms with Crippen LogP contribution in [0.2, 0.25) is 10.0 Å². The molecule has 0 spiro atoms. The Morgan fingerprint density at radius 2 is 1.73 bits per heavy atom. The maximum absolute atomic E-state index is 12.0. The molecule has 0 saturated heterocycles. The summed E-state index contributed by atoms with van der Waals surface area (Å²) in [7, 11) is 0. The van der Waals surface area contributed by atoms with Crippen LogP contribution < -0.4 is 15.6 Å². The summed E-state index contributed by atoms with van der Waals surface area (Å²) in [6, 6.07) is 10.1. The Kier molecular flexibility index (Phi) is 7.32. The highest BCUT2D eigenvalue weighted by atomic mass is 79.9. The van der Waals surface area contributed by atoms with Gasteiger partial charge in [0, 0.05) is 15.6 Å². The van der Waals surface area contributed by atoms with Gasteiger partial charge in [-0.2, -0.15) is 0 Å². The fourth-order valence-corrected chi connectivity index (χ4v) is 3.09. The average Bonchev–Trinajstić information content (AvgIpc) is 2.57. The van der Waals surface area contributed by atoms with E-state index in [1.54, 1.807) is 6.07 Å². The molecular formula is C18H17BrCl2N2O3. The number of carbonyl (C=O) groups is 2. The first-order chi connectivity index (χ1) is 12.3. The van der Waals surface area contributed by atoms with Gasteiger partial charge in [0.2, 0.25) is 0 Å². The summed E-state index contributed by atoms with van der Waals surface area (Å²) in [4.78, 5) is 23.8. The number of benzene rings is 2. The smallest absolute Gasteiger partial charge is 0.276 e. The van der Waals surface area contributed by atoms with Gasteiger partial charge in [-0.3, -0.25) is 20.4 Å². The van der Waals surface area contributed by atoms with E-state index in [9.17, 15) is 9.59 Å². The number of hydrogen-bond acceptors (Lipinski definition) is 3. The summed E-state index contributed by atoms with van der Waals surface area (Å²) in [5.41, 5.74) is 5.94. The van der Waals surface area contributed by atoms with E-state index in [4.69, 9.17) is 27.9 Å². The molecule has 2 N–H and O–H groups in total. The van der Waals surface area contributed by atoms with Crippen LogP contribution in [-0.2, 0) is 4.79 Å². The predicted molar refractivity (Wildman–Crippen MR) is 106 cm³/mol. The van der Waals surface area contributed by atoms with E-state index >= 15 is 0 Å².